The van der Waals surface area contributed by atoms with Crippen LogP contribution in [-0.2, 0) is 14.3 Å². The van der Waals surface area contributed by atoms with Crippen molar-refractivity contribution in [3.05, 3.63) is 70.8 Å². The molecule has 9 heteroatoms. The second-order valence-electron chi connectivity index (χ2n) is 8.57. The van der Waals surface area contributed by atoms with Crippen LogP contribution in [0.3, 0.4) is 0 Å². The zero-order chi connectivity index (χ0) is 24.3. The zero-order valence-corrected chi connectivity index (χ0v) is 18.8. The third-order valence-electron chi connectivity index (χ3n) is 6.15. The average Bonchev–Trinajstić information content (AvgIpc) is 3.06. The Morgan fingerprint density at radius 1 is 0.971 bits per heavy atom. The van der Waals surface area contributed by atoms with Crippen LogP contribution in [0.5, 0.6) is 0 Å². The van der Waals surface area contributed by atoms with Crippen molar-refractivity contribution in [3.63, 3.8) is 0 Å². The first-order valence-corrected chi connectivity index (χ1v) is 11.1. The molecule has 1 saturated heterocycles. The van der Waals surface area contributed by atoms with Crippen molar-refractivity contribution in [1.82, 2.24) is 15.8 Å². The SMILES string of the molecule is Cc1ccc(C(=O)c2ccccc2C(=O)OCC(=O)NN2C(=O)NC3(CCCCC3)C2=O)cc1. The number of hydrazine groups is 1. The van der Waals surface area contributed by atoms with Gasteiger partial charge in [0.1, 0.15) is 5.54 Å². The van der Waals surface area contributed by atoms with Crippen LogP contribution < -0.4 is 10.7 Å². The van der Waals surface area contributed by atoms with Crippen molar-refractivity contribution in [2.24, 2.45) is 0 Å². The molecule has 2 fully saturated rings. The van der Waals surface area contributed by atoms with E-state index >= 15 is 0 Å². The molecule has 1 heterocycles. The maximum Gasteiger partial charge on any atom is 0.344 e. The highest BCUT2D eigenvalue weighted by atomic mass is 16.5. The topological polar surface area (TPSA) is 122 Å². The quantitative estimate of drug-likeness (QED) is 0.386. The molecule has 1 aliphatic heterocycles. The van der Waals surface area contributed by atoms with Crippen molar-refractivity contribution in [2.45, 2.75) is 44.6 Å². The maximum absolute atomic E-state index is 12.9. The molecular weight excluding hydrogens is 438 g/mol. The summed E-state index contributed by atoms with van der Waals surface area (Å²) in [5.41, 5.74) is 2.80. The first kappa shape index (κ1) is 23.2. The third-order valence-corrected chi connectivity index (χ3v) is 6.15. The van der Waals surface area contributed by atoms with E-state index in [1.165, 1.54) is 12.1 Å². The monoisotopic (exact) mass is 463 g/mol. The molecule has 1 spiro atoms. The summed E-state index contributed by atoms with van der Waals surface area (Å²) in [5, 5.41) is 3.33. The van der Waals surface area contributed by atoms with E-state index in [0.717, 1.165) is 24.8 Å². The molecule has 2 aromatic carbocycles. The number of amides is 4. The standard InChI is InChI=1S/C25H25N3O6/c1-16-9-11-17(12-10-16)21(30)18-7-3-4-8-19(18)22(31)34-15-20(29)27-28-23(32)25(26-24(28)33)13-5-2-6-14-25/h3-4,7-12H,2,5-6,13-15H2,1H3,(H,26,33)(H,27,29). The number of benzene rings is 2. The van der Waals surface area contributed by atoms with E-state index in [1.54, 1.807) is 36.4 Å². The van der Waals surface area contributed by atoms with E-state index in [1.807, 2.05) is 6.92 Å². The largest absolute Gasteiger partial charge is 0.452 e. The number of ether oxygens (including phenoxy) is 1. The fourth-order valence-corrected chi connectivity index (χ4v) is 4.30. The van der Waals surface area contributed by atoms with Crippen LogP contribution in [-0.4, -0.2) is 46.8 Å². The number of carbonyl (C=O) groups is 5. The van der Waals surface area contributed by atoms with Crippen molar-refractivity contribution in [3.8, 4) is 0 Å². The highest BCUT2D eigenvalue weighted by Crippen LogP contribution is 2.33. The number of imide groups is 1. The van der Waals surface area contributed by atoms with Gasteiger partial charge in [0, 0.05) is 11.1 Å². The Bertz CT molecular complexity index is 1150. The molecule has 9 nitrogen and oxygen atoms in total. The minimum atomic E-state index is -0.978. The van der Waals surface area contributed by atoms with Crippen LogP contribution in [0.25, 0.3) is 0 Å². The van der Waals surface area contributed by atoms with Gasteiger partial charge in [-0.2, -0.15) is 5.01 Å². The van der Waals surface area contributed by atoms with E-state index in [0.29, 0.717) is 23.4 Å². The van der Waals surface area contributed by atoms with E-state index in [-0.39, 0.29) is 16.9 Å². The number of ketones is 1. The number of hydrogen-bond acceptors (Lipinski definition) is 6. The number of rotatable bonds is 6. The van der Waals surface area contributed by atoms with Crippen molar-refractivity contribution in [1.29, 1.82) is 0 Å². The fourth-order valence-electron chi connectivity index (χ4n) is 4.30. The number of urea groups is 1. The van der Waals surface area contributed by atoms with Crippen LogP contribution in [0.1, 0.15) is 63.9 Å². The van der Waals surface area contributed by atoms with Gasteiger partial charge in [0.2, 0.25) is 0 Å². The molecule has 4 amide bonds. The summed E-state index contributed by atoms with van der Waals surface area (Å²) in [6.45, 7) is 1.18. The molecule has 1 aliphatic carbocycles. The van der Waals surface area contributed by atoms with Gasteiger partial charge in [-0.1, -0.05) is 67.3 Å². The van der Waals surface area contributed by atoms with Gasteiger partial charge in [0.05, 0.1) is 5.56 Å². The third kappa shape index (κ3) is 4.54. The fraction of sp³-hybridized carbons (Fsp3) is 0.320. The number of carbonyl (C=O) groups excluding carboxylic acids is 5. The summed E-state index contributed by atoms with van der Waals surface area (Å²) in [5.74, 6) is -2.57. The van der Waals surface area contributed by atoms with E-state index in [2.05, 4.69) is 10.7 Å². The molecule has 4 rings (SSSR count). The highest BCUT2D eigenvalue weighted by Gasteiger charge is 2.52. The highest BCUT2D eigenvalue weighted by molar-refractivity contribution is 6.14. The summed E-state index contributed by atoms with van der Waals surface area (Å²) >= 11 is 0. The number of esters is 1. The van der Waals surface area contributed by atoms with Gasteiger partial charge in [0.25, 0.3) is 11.8 Å². The molecular formula is C25H25N3O6. The number of aryl methyl sites for hydroxylation is 1. The summed E-state index contributed by atoms with van der Waals surface area (Å²) in [4.78, 5) is 62.9. The molecule has 2 aromatic rings. The van der Waals surface area contributed by atoms with Gasteiger partial charge in [-0.05, 0) is 25.8 Å². The van der Waals surface area contributed by atoms with Crippen LogP contribution in [0, 0.1) is 6.92 Å². The first-order valence-electron chi connectivity index (χ1n) is 11.1. The summed E-state index contributed by atoms with van der Waals surface area (Å²) in [6.07, 6.45) is 3.65. The molecule has 176 valence electrons. The van der Waals surface area contributed by atoms with Crippen LogP contribution in [0.15, 0.2) is 48.5 Å². The zero-order valence-electron chi connectivity index (χ0n) is 18.8. The van der Waals surface area contributed by atoms with Crippen molar-refractivity contribution in [2.75, 3.05) is 6.61 Å². The minimum absolute atomic E-state index is 0.0111. The molecule has 2 N–H and O–H groups in total. The van der Waals surface area contributed by atoms with Crippen LogP contribution in [0.4, 0.5) is 4.79 Å². The molecule has 0 atom stereocenters. The molecule has 0 radical (unpaired) electrons. The van der Waals surface area contributed by atoms with Gasteiger partial charge < -0.3 is 10.1 Å². The predicted molar refractivity (Wildman–Crippen MR) is 121 cm³/mol. The Kier molecular flexibility index (Phi) is 6.45. The number of nitrogens with one attached hydrogen (secondary N) is 2. The molecule has 2 aliphatic rings. The van der Waals surface area contributed by atoms with Crippen molar-refractivity contribution >= 4 is 29.6 Å². The minimum Gasteiger partial charge on any atom is -0.452 e. The summed E-state index contributed by atoms with van der Waals surface area (Å²) in [7, 11) is 0. The Morgan fingerprint density at radius 2 is 1.62 bits per heavy atom. The van der Waals surface area contributed by atoms with Gasteiger partial charge in [-0.25, -0.2) is 9.59 Å². The van der Waals surface area contributed by atoms with Crippen molar-refractivity contribution < 1.29 is 28.7 Å². The van der Waals surface area contributed by atoms with Gasteiger partial charge >= 0.3 is 12.0 Å². The van der Waals surface area contributed by atoms with Crippen LogP contribution in [0.2, 0.25) is 0 Å². The van der Waals surface area contributed by atoms with E-state index < -0.39 is 36.0 Å². The molecule has 1 saturated carbocycles. The molecule has 0 aromatic heterocycles. The lowest BCUT2D eigenvalue weighted by Gasteiger charge is -2.30. The lowest BCUT2D eigenvalue weighted by atomic mass is 9.82. The van der Waals surface area contributed by atoms with Crippen LogP contribution >= 0.6 is 0 Å². The smallest absolute Gasteiger partial charge is 0.344 e. The molecule has 0 bridgehead atoms. The van der Waals surface area contributed by atoms with Gasteiger partial charge in [0.15, 0.2) is 12.4 Å². The Balaban J connectivity index is 1.39. The summed E-state index contributed by atoms with van der Waals surface area (Å²) in [6, 6.07) is 12.4. The number of hydrogen-bond donors (Lipinski definition) is 2. The lowest BCUT2D eigenvalue weighted by Crippen LogP contribution is -2.51. The summed E-state index contributed by atoms with van der Waals surface area (Å²) < 4.78 is 5.08. The Hall–Kier alpha value is -4.01. The molecule has 34 heavy (non-hydrogen) atoms. The van der Waals surface area contributed by atoms with Gasteiger partial charge in [-0.15, -0.1) is 0 Å². The predicted octanol–water partition coefficient (Wildman–Crippen LogP) is 2.67. The lowest BCUT2D eigenvalue weighted by molar-refractivity contribution is -0.140. The average molecular weight is 463 g/mol. The van der Waals surface area contributed by atoms with E-state index in [4.69, 9.17) is 4.74 Å². The Morgan fingerprint density at radius 3 is 2.29 bits per heavy atom. The Labute approximate surface area is 196 Å². The second-order valence-corrected chi connectivity index (χ2v) is 8.57. The normalized spacial score (nSPS) is 16.8. The van der Waals surface area contributed by atoms with Gasteiger partial charge in [-0.3, -0.25) is 19.8 Å². The molecule has 0 unspecified atom stereocenters. The second kappa shape index (κ2) is 9.46. The van der Waals surface area contributed by atoms with E-state index in [9.17, 15) is 24.0 Å². The first-order chi connectivity index (χ1) is 16.3. The number of nitrogens with zero attached hydrogens (tertiary/aromatic N) is 1. The maximum atomic E-state index is 12.9.